The highest BCUT2D eigenvalue weighted by Crippen LogP contribution is 2.24. The summed E-state index contributed by atoms with van der Waals surface area (Å²) < 4.78 is 0. The molecular formula is C11H18N2OS. The topological polar surface area (TPSA) is 42.0 Å². The molecule has 1 heterocycles. The molecule has 1 aromatic rings. The minimum absolute atomic E-state index is 0.0294. The van der Waals surface area contributed by atoms with Crippen LogP contribution in [0.4, 0.5) is 0 Å². The maximum atomic E-state index is 11.5. The standard InChI is InChI=1S/C11H18N2OS/c1-6(2)11(14)13-8(4)10-7(3)12-9(5)15-10/h6,8H,1-5H3,(H,13,14)/t8-/m1/s1. The second-order valence-corrected chi connectivity index (χ2v) is 5.30. The number of aromatic nitrogens is 1. The lowest BCUT2D eigenvalue weighted by Gasteiger charge is -2.14. The van der Waals surface area contributed by atoms with Crippen LogP contribution >= 0.6 is 11.3 Å². The molecule has 0 aliphatic carbocycles. The van der Waals surface area contributed by atoms with Crippen molar-refractivity contribution in [2.75, 3.05) is 0 Å². The Labute approximate surface area is 94.9 Å². The molecule has 0 unspecified atom stereocenters. The zero-order valence-corrected chi connectivity index (χ0v) is 10.7. The van der Waals surface area contributed by atoms with Gasteiger partial charge in [0, 0.05) is 10.8 Å². The van der Waals surface area contributed by atoms with Crippen LogP contribution in [0, 0.1) is 19.8 Å². The highest BCUT2D eigenvalue weighted by atomic mass is 32.1. The van der Waals surface area contributed by atoms with Crippen LogP contribution in [0.3, 0.4) is 0 Å². The quantitative estimate of drug-likeness (QED) is 0.860. The summed E-state index contributed by atoms with van der Waals surface area (Å²) in [6.45, 7) is 9.76. The van der Waals surface area contributed by atoms with Crippen molar-refractivity contribution in [2.45, 2.75) is 40.7 Å². The molecule has 0 saturated carbocycles. The van der Waals surface area contributed by atoms with Crippen molar-refractivity contribution in [3.8, 4) is 0 Å². The number of amides is 1. The van der Waals surface area contributed by atoms with Crippen molar-refractivity contribution in [1.82, 2.24) is 10.3 Å². The van der Waals surface area contributed by atoms with Crippen LogP contribution in [0.2, 0.25) is 0 Å². The Kier molecular flexibility index (Phi) is 3.85. The number of carbonyl (C=O) groups is 1. The van der Waals surface area contributed by atoms with Crippen molar-refractivity contribution in [2.24, 2.45) is 5.92 Å². The summed E-state index contributed by atoms with van der Waals surface area (Å²) in [5.74, 6) is 0.120. The van der Waals surface area contributed by atoms with Crippen LogP contribution in [0.1, 0.15) is 42.4 Å². The van der Waals surface area contributed by atoms with Gasteiger partial charge in [-0.05, 0) is 20.8 Å². The van der Waals surface area contributed by atoms with Crippen molar-refractivity contribution in [3.05, 3.63) is 15.6 Å². The molecule has 0 aromatic carbocycles. The molecule has 0 spiro atoms. The zero-order valence-electron chi connectivity index (χ0n) is 9.92. The van der Waals surface area contributed by atoms with Gasteiger partial charge in [0.2, 0.25) is 5.91 Å². The first-order valence-electron chi connectivity index (χ1n) is 5.16. The Bertz CT molecular complexity index is 357. The van der Waals surface area contributed by atoms with E-state index < -0.39 is 0 Å². The number of rotatable bonds is 3. The van der Waals surface area contributed by atoms with E-state index in [0.717, 1.165) is 15.6 Å². The van der Waals surface area contributed by atoms with E-state index in [4.69, 9.17) is 0 Å². The number of aryl methyl sites for hydroxylation is 2. The summed E-state index contributed by atoms with van der Waals surface area (Å²) in [5.41, 5.74) is 1.02. The molecule has 0 aliphatic rings. The third-order valence-corrected chi connectivity index (χ3v) is 3.47. The third-order valence-electron chi connectivity index (χ3n) is 2.22. The number of carbonyl (C=O) groups excluding carboxylic acids is 1. The highest BCUT2D eigenvalue weighted by Gasteiger charge is 2.16. The van der Waals surface area contributed by atoms with Crippen LogP contribution in [-0.2, 0) is 4.79 Å². The van der Waals surface area contributed by atoms with Gasteiger partial charge in [0.05, 0.1) is 16.7 Å². The fourth-order valence-electron chi connectivity index (χ4n) is 1.39. The number of thiazole rings is 1. The molecule has 84 valence electrons. The normalized spacial score (nSPS) is 12.9. The van der Waals surface area contributed by atoms with Crippen LogP contribution < -0.4 is 5.32 Å². The lowest BCUT2D eigenvalue weighted by molar-refractivity contribution is -0.124. The van der Waals surface area contributed by atoms with Gasteiger partial charge in [-0.25, -0.2) is 4.98 Å². The van der Waals surface area contributed by atoms with E-state index in [2.05, 4.69) is 10.3 Å². The Morgan fingerprint density at radius 1 is 1.33 bits per heavy atom. The first-order valence-corrected chi connectivity index (χ1v) is 5.97. The lowest BCUT2D eigenvalue weighted by Crippen LogP contribution is -2.30. The van der Waals surface area contributed by atoms with Gasteiger partial charge in [-0.2, -0.15) is 0 Å². The van der Waals surface area contributed by atoms with E-state index in [-0.39, 0.29) is 17.9 Å². The fourth-order valence-corrected chi connectivity index (χ4v) is 2.32. The molecule has 0 saturated heterocycles. The zero-order chi connectivity index (χ0) is 11.6. The number of nitrogens with zero attached hydrogens (tertiary/aromatic N) is 1. The van der Waals surface area contributed by atoms with E-state index in [9.17, 15) is 4.79 Å². The second-order valence-electron chi connectivity index (χ2n) is 4.07. The molecular weight excluding hydrogens is 208 g/mol. The average Bonchev–Trinajstić information content (AvgIpc) is 2.44. The predicted molar refractivity (Wildman–Crippen MR) is 63.0 cm³/mol. The van der Waals surface area contributed by atoms with Crippen LogP contribution in [0.15, 0.2) is 0 Å². The summed E-state index contributed by atoms with van der Waals surface area (Å²) >= 11 is 1.65. The highest BCUT2D eigenvalue weighted by molar-refractivity contribution is 7.11. The predicted octanol–water partition coefficient (Wildman–Crippen LogP) is 2.59. The van der Waals surface area contributed by atoms with Gasteiger partial charge in [0.1, 0.15) is 0 Å². The van der Waals surface area contributed by atoms with Gasteiger partial charge in [-0.3, -0.25) is 4.79 Å². The van der Waals surface area contributed by atoms with Crippen molar-refractivity contribution >= 4 is 17.2 Å². The van der Waals surface area contributed by atoms with Gasteiger partial charge in [-0.1, -0.05) is 13.8 Å². The van der Waals surface area contributed by atoms with Crippen LogP contribution in [0.25, 0.3) is 0 Å². The van der Waals surface area contributed by atoms with Crippen molar-refractivity contribution in [3.63, 3.8) is 0 Å². The maximum absolute atomic E-state index is 11.5. The molecule has 0 aliphatic heterocycles. The minimum Gasteiger partial charge on any atom is -0.348 e. The lowest BCUT2D eigenvalue weighted by atomic mass is 10.1. The summed E-state index contributed by atoms with van der Waals surface area (Å²) in [7, 11) is 0. The Hall–Kier alpha value is -0.900. The van der Waals surface area contributed by atoms with E-state index in [0.29, 0.717) is 0 Å². The SMILES string of the molecule is Cc1nc(C)c([C@@H](C)NC(=O)C(C)C)s1. The van der Waals surface area contributed by atoms with Gasteiger partial charge in [0.15, 0.2) is 0 Å². The summed E-state index contributed by atoms with van der Waals surface area (Å²) in [4.78, 5) is 17.0. The molecule has 4 heteroatoms. The average molecular weight is 226 g/mol. The summed E-state index contributed by atoms with van der Waals surface area (Å²) in [6.07, 6.45) is 0. The molecule has 0 radical (unpaired) electrons. The molecule has 0 bridgehead atoms. The van der Waals surface area contributed by atoms with E-state index in [1.807, 2.05) is 34.6 Å². The molecule has 1 amide bonds. The summed E-state index contributed by atoms with van der Waals surface area (Å²) in [6, 6.07) is 0.0612. The van der Waals surface area contributed by atoms with Crippen LogP contribution in [-0.4, -0.2) is 10.9 Å². The molecule has 1 aromatic heterocycles. The minimum atomic E-state index is 0.0294. The molecule has 1 rings (SSSR count). The van der Waals surface area contributed by atoms with Gasteiger partial charge < -0.3 is 5.32 Å². The molecule has 15 heavy (non-hydrogen) atoms. The fraction of sp³-hybridized carbons (Fsp3) is 0.636. The van der Waals surface area contributed by atoms with Crippen molar-refractivity contribution < 1.29 is 4.79 Å². The second kappa shape index (κ2) is 4.75. The Balaban J connectivity index is 2.73. The number of hydrogen-bond acceptors (Lipinski definition) is 3. The molecule has 3 nitrogen and oxygen atoms in total. The number of hydrogen-bond donors (Lipinski definition) is 1. The number of nitrogens with one attached hydrogen (secondary N) is 1. The van der Waals surface area contributed by atoms with Crippen LogP contribution in [0.5, 0.6) is 0 Å². The molecule has 0 fully saturated rings. The molecule has 1 N–H and O–H groups in total. The Morgan fingerprint density at radius 2 is 1.93 bits per heavy atom. The van der Waals surface area contributed by atoms with E-state index in [1.165, 1.54) is 0 Å². The van der Waals surface area contributed by atoms with Crippen molar-refractivity contribution in [1.29, 1.82) is 0 Å². The van der Waals surface area contributed by atoms with Gasteiger partial charge >= 0.3 is 0 Å². The van der Waals surface area contributed by atoms with Gasteiger partial charge in [-0.15, -0.1) is 11.3 Å². The van der Waals surface area contributed by atoms with E-state index >= 15 is 0 Å². The maximum Gasteiger partial charge on any atom is 0.223 e. The van der Waals surface area contributed by atoms with E-state index in [1.54, 1.807) is 11.3 Å². The first-order chi connectivity index (χ1) is 6.91. The monoisotopic (exact) mass is 226 g/mol. The third kappa shape index (κ3) is 3.02. The largest absolute Gasteiger partial charge is 0.348 e. The molecule has 1 atom stereocenters. The summed E-state index contributed by atoms with van der Waals surface area (Å²) in [5, 5.41) is 4.03. The first kappa shape index (κ1) is 12.2. The smallest absolute Gasteiger partial charge is 0.223 e. The Morgan fingerprint density at radius 3 is 2.33 bits per heavy atom. The van der Waals surface area contributed by atoms with Gasteiger partial charge in [0.25, 0.3) is 0 Å².